The Balaban J connectivity index is 3.02. The van der Waals surface area contributed by atoms with Crippen LogP contribution in [-0.2, 0) is 26.2 Å². The molecule has 15 heavy (non-hydrogen) atoms. The Morgan fingerprint density at radius 3 is 2.53 bits per heavy atom. The summed E-state index contributed by atoms with van der Waals surface area (Å²) in [7, 11) is -3.77. The van der Waals surface area contributed by atoms with Crippen LogP contribution >= 0.6 is 0 Å². The molecule has 0 amide bonds. The molecule has 0 aliphatic carbocycles. The van der Waals surface area contributed by atoms with Gasteiger partial charge in [-0.05, 0) is 6.07 Å². The van der Waals surface area contributed by atoms with Crippen LogP contribution in [0.25, 0.3) is 0 Å². The largest absolute Gasteiger partial charge is 0.461 e. The number of esters is 1. The Hall–Kier alpha value is -1.40. The molecule has 0 radical (unpaired) electrons. The van der Waals surface area contributed by atoms with E-state index >= 15 is 0 Å². The van der Waals surface area contributed by atoms with Crippen molar-refractivity contribution in [3.8, 4) is 0 Å². The highest BCUT2D eigenvalue weighted by Gasteiger charge is 2.13. The van der Waals surface area contributed by atoms with Crippen molar-refractivity contribution in [3.05, 3.63) is 29.8 Å². The molecule has 0 aliphatic rings. The Kier molecular flexibility index (Phi) is 3.43. The van der Waals surface area contributed by atoms with Gasteiger partial charge >= 0.3 is 5.97 Å². The summed E-state index contributed by atoms with van der Waals surface area (Å²) < 4.78 is 27.0. The van der Waals surface area contributed by atoms with Crippen molar-refractivity contribution in [2.75, 3.05) is 0 Å². The molecule has 1 aromatic carbocycles. The number of nitrogens with two attached hydrogens (primary N) is 1. The van der Waals surface area contributed by atoms with Gasteiger partial charge in [0.15, 0.2) is 0 Å². The van der Waals surface area contributed by atoms with Crippen LogP contribution in [0, 0.1) is 0 Å². The van der Waals surface area contributed by atoms with Gasteiger partial charge in [-0.25, -0.2) is 13.6 Å². The van der Waals surface area contributed by atoms with E-state index in [4.69, 9.17) is 9.88 Å². The molecular weight excluding hydrogens is 218 g/mol. The number of rotatable bonds is 3. The van der Waals surface area contributed by atoms with E-state index in [1.807, 2.05) is 0 Å². The molecule has 0 atom stereocenters. The summed E-state index contributed by atoms with van der Waals surface area (Å²) in [5.74, 6) is -0.473. The van der Waals surface area contributed by atoms with Gasteiger partial charge in [-0.2, -0.15) is 0 Å². The van der Waals surface area contributed by atoms with Crippen LogP contribution in [0.5, 0.6) is 0 Å². The molecule has 0 saturated carbocycles. The quantitative estimate of drug-likeness (QED) is 0.760. The fraction of sp³-hybridized carbons (Fsp3) is 0.222. The van der Waals surface area contributed by atoms with Crippen LogP contribution in [0.3, 0.4) is 0 Å². The molecule has 2 N–H and O–H groups in total. The van der Waals surface area contributed by atoms with Crippen molar-refractivity contribution in [1.29, 1.82) is 0 Å². The summed E-state index contributed by atoms with van der Waals surface area (Å²) >= 11 is 0. The third-order valence-corrected chi connectivity index (χ3v) is 2.72. The second-order valence-electron chi connectivity index (χ2n) is 2.93. The standard InChI is InChI=1S/C9H11NO4S/c1-7(11)14-6-8-4-2-3-5-9(8)15(10,12)13/h2-5H,6H2,1H3,(H2,10,12,13). The minimum atomic E-state index is -3.77. The summed E-state index contributed by atoms with van der Waals surface area (Å²) in [5, 5.41) is 5.00. The number of hydrogen-bond donors (Lipinski definition) is 1. The number of carbonyl (C=O) groups excluding carboxylic acids is 1. The first-order chi connectivity index (χ1) is 6.91. The van der Waals surface area contributed by atoms with Crippen LogP contribution in [0.15, 0.2) is 29.2 Å². The molecule has 0 unspecified atom stereocenters. The van der Waals surface area contributed by atoms with Crippen molar-refractivity contribution in [1.82, 2.24) is 0 Å². The van der Waals surface area contributed by atoms with Crippen LogP contribution < -0.4 is 5.14 Å². The zero-order valence-corrected chi connectivity index (χ0v) is 8.95. The van der Waals surface area contributed by atoms with E-state index in [9.17, 15) is 13.2 Å². The molecule has 0 aromatic heterocycles. The van der Waals surface area contributed by atoms with E-state index in [0.717, 1.165) is 0 Å². The predicted molar refractivity (Wildman–Crippen MR) is 53.3 cm³/mol. The number of primary sulfonamides is 1. The number of carbonyl (C=O) groups is 1. The van der Waals surface area contributed by atoms with Crippen LogP contribution in [-0.4, -0.2) is 14.4 Å². The maximum atomic E-state index is 11.1. The number of hydrogen-bond acceptors (Lipinski definition) is 4. The Labute approximate surface area is 87.9 Å². The van der Waals surface area contributed by atoms with Crippen LogP contribution in [0.1, 0.15) is 12.5 Å². The second kappa shape index (κ2) is 4.41. The normalized spacial score (nSPS) is 11.1. The second-order valence-corrected chi connectivity index (χ2v) is 4.46. The lowest BCUT2D eigenvalue weighted by Crippen LogP contribution is -2.15. The predicted octanol–water partition coefficient (Wildman–Crippen LogP) is 0.397. The van der Waals surface area contributed by atoms with E-state index < -0.39 is 16.0 Å². The summed E-state index contributed by atoms with van der Waals surface area (Å²) in [6.45, 7) is 1.15. The molecule has 0 heterocycles. The first-order valence-electron chi connectivity index (χ1n) is 4.15. The zero-order chi connectivity index (χ0) is 11.5. The molecule has 6 heteroatoms. The highest BCUT2D eigenvalue weighted by molar-refractivity contribution is 7.89. The van der Waals surface area contributed by atoms with Crippen LogP contribution in [0.2, 0.25) is 0 Å². The lowest BCUT2D eigenvalue weighted by molar-refractivity contribution is -0.142. The number of ether oxygens (including phenoxy) is 1. The van der Waals surface area contributed by atoms with Crippen molar-refractivity contribution >= 4 is 16.0 Å². The summed E-state index contributed by atoms with van der Waals surface area (Å²) in [6.07, 6.45) is 0. The smallest absolute Gasteiger partial charge is 0.302 e. The van der Waals surface area contributed by atoms with E-state index in [2.05, 4.69) is 0 Å². The minimum absolute atomic E-state index is 0.0220. The van der Waals surface area contributed by atoms with Gasteiger partial charge in [0.25, 0.3) is 0 Å². The van der Waals surface area contributed by atoms with Gasteiger partial charge in [0.2, 0.25) is 10.0 Å². The SMILES string of the molecule is CC(=O)OCc1ccccc1S(N)(=O)=O. The van der Waals surface area contributed by atoms with Gasteiger partial charge < -0.3 is 4.74 Å². The topological polar surface area (TPSA) is 86.5 Å². The minimum Gasteiger partial charge on any atom is -0.461 e. The fourth-order valence-electron chi connectivity index (χ4n) is 1.08. The highest BCUT2D eigenvalue weighted by atomic mass is 32.2. The van der Waals surface area contributed by atoms with Gasteiger partial charge in [0, 0.05) is 12.5 Å². The monoisotopic (exact) mass is 229 g/mol. The third-order valence-electron chi connectivity index (χ3n) is 1.71. The average Bonchev–Trinajstić information content (AvgIpc) is 2.13. The van der Waals surface area contributed by atoms with E-state index in [1.54, 1.807) is 18.2 Å². The molecule has 0 saturated heterocycles. The van der Waals surface area contributed by atoms with Crippen molar-refractivity contribution in [3.63, 3.8) is 0 Å². The van der Waals surface area contributed by atoms with Gasteiger partial charge in [0.1, 0.15) is 6.61 Å². The van der Waals surface area contributed by atoms with Crippen LogP contribution in [0.4, 0.5) is 0 Å². The molecule has 1 aromatic rings. The van der Waals surface area contributed by atoms with Crippen molar-refractivity contribution in [2.24, 2.45) is 5.14 Å². The lowest BCUT2D eigenvalue weighted by atomic mass is 10.2. The number of benzene rings is 1. The molecule has 0 aliphatic heterocycles. The van der Waals surface area contributed by atoms with Crippen molar-refractivity contribution < 1.29 is 17.9 Å². The van der Waals surface area contributed by atoms with E-state index in [0.29, 0.717) is 5.56 Å². The van der Waals surface area contributed by atoms with E-state index in [-0.39, 0.29) is 11.5 Å². The van der Waals surface area contributed by atoms with E-state index in [1.165, 1.54) is 13.0 Å². The summed E-state index contributed by atoms with van der Waals surface area (Å²) in [5.41, 5.74) is 0.371. The molecule has 0 fully saturated rings. The molecule has 0 bridgehead atoms. The molecular formula is C9H11NO4S. The zero-order valence-electron chi connectivity index (χ0n) is 8.14. The van der Waals surface area contributed by atoms with Gasteiger partial charge in [0.05, 0.1) is 4.90 Å². The van der Waals surface area contributed by atoms with Crippen molar-refractivity contribution in [2.45, 2.75) is 18.4 Å². The first-order valence-corrected chi connectivity index (χ1v) is 5.70. The molecule has 0 spiro atoms. The maximum absolute atomic E-state index is 11.1. The Morgan fingerprint density at radius 1 is 1.40 bits per heavy atom. The Morgan fingerprint density at radius 2 is 2.00 bits per heavy atom. The molecule has 82 valence electrons. The summed E-state index contributed by atoms with van der Waals surface area (Å²) in [4.78, 5) is 10.6. The first kappa shape index (κ1) is 11.7. The average molecular weight is 229 g/mol. The maximum Gasteiger partial charge on any atom is 0.302 e. The Bertz CT molecular complexity index is 467. The molecule has 5 nitrogen and oxygen atoms in total. The molecule has 1 rings (SSSR count). The fourth-order valence-corrected chi connectivity index (χ4v) is 1.84. The highest BCUT2D eigenvalue weighted by Crippen LogP contribution is 2.14. The lowest BCUT2D eigenvalue weighted by Gasteiger charge is -2.06. The van der Waals surface area contributed by atoms with Gasteiger partial charge in [-0.3, -0.25) is 4.79 Å². The van der Waals surface area contributed by atoms with Gasteiger partial charge in [-0.1, -0.05) is 18.2 Å². The summed E-state index contributed by atoms with van der Waals surface area (Å²) in [6, 6.07) is 6.11. The number of sulfonamides is 1. The third kappa shape index (κ3) is 3.34. The van der Waals surface area contributed by atoms with Gasteiger partial charge in [-0.15, -0.1) is 0 Å².